The highest BCUT2D eigenvalue weighted by Crippen LogP contribution is 2.18. The van der Waals surface area contributed by atoms with Crippen molar-refractivity contribution in [1.82, 2.24) is 5.32 Å². The number of amides is 1. The summed E-state index contributed by atoms with van der Waals surface area (Å²) in [5.74, 6) is -0.0571. The van der Waals surface area contributed by atoms with Crippen LogP contribution in [0, 0.1) is 0 Å². The van der Waals surface area contributed by atoms with Gasteiger partial charge in [0.2, 0.25) is 5.91 Å². The molecule has 0 saturated carbocycles. The lowest BCUT2D eigenvalue weighted by Crippen LogP contribution is -2.45. The minimum absolute atomic E-state index is 0.0571. The number of carbonyl (C=O) groups is 1. The Bertz CT molecular complexity index is 875. The van der Waals surface area contributed by atoms with Gasteiger partial charge in [0.1, 0.15) is 0 Å². The number of rotatable bonds is 55. The molecule has 0 saturated heterocycles. The fourth-order valence-corrected chi connectivity index (χ4v) is 9.54. The standard InChI is InChI=1S/C59H117NO3/c1-3-5-7-9-11-13-15-17-18-19-20-21-22-23-24-25-26-27-28-29-30-31-32-33-34-35-36-37-38-39-40-41-43-45-47-49-51-53-55-59(63)60-57(56-61)58(62)54-52-50-48-46-44-42-16-14-12-10-8-6-4-2/h52,54,57-58,61-62H,3-51,53,55-56H2,1-2H3,(H,60,63)/b54-52+. The zero-order valence-corrected chi connectivity index (χ0v) is 43.4. The molecule has 0 rings (SSSR count). The van der Waals surface area contributed by atoms with Crippen LogP contribution >= 0.6 is 0 Å². The van der Waals surface area contributed by atoms with Gasteiger partial charge < -0.3 is 15.5 Å². The van der Waals surface area contributed by atoms with E-state index in [9.17, 15) is 15.0 Å². The first-order chi connectivity index (χ1) is 31.2. The second kappa shape index (κ2) is 55.5. The van der Waals surface area contributed by atoms with Gasteiger partial charge in [-0.3, -0.25) is 4.79 Å². The molecular weight excluding hydrogens is 771 g/mol. The van der Waals surface area contributed by atoms with E-state index in [1.165, 1.54) is 295 Å². The molecule has 63 heavy (non-hydrogen) atoms. The predicted molar refractivity (Wildman–Crippen MR) is 281 cm³/mol. The predicted octanol–water partition coefficient (Wildman–Crippen LogP) is 19.3. The minimum Gasteiger partial charge on any atom is -0.394 e. The molecule has 0 fully saturated rings. The average Bonchev–Trinajstić information content (AvgIpc) is 3.29. The van der Waals surface area contributed by atoms with Crippen LogP contribution in [0.4, 0.5) is 0 Å². The molecule has 0 aromatic heterocycles. The van der Waals surface area contributed by atoms with E-state index < -0.39 is 12.1 Å². The highest BCUT2D eigenvalue weighted by atomic mass is 16.3. The van der Waals surface area contributed by atoms with E-state index in [0.717, 1.165) is 25.7 Å². The Labute approximate surface area is 397 Å². The topological polar surface area (TPSA) is 69.6 Å². The van der Waals surface area contributed by atoms with Gasteiger partial charge >= 0.3 is 0 Å². The zero-order valence-electron chi connectivity index (χ0n) is 43.4. The number of carbonyl (C=O) groups excluding carboxylic acids is 1. The normalized spacial score (nSPS) is 12.8. The van der Waals surface area contributed by atoms with Gasteiger partial charge in [-0.1, -0.05) is 328 Å². The summed E-state index contributed by atoms with van der Waals surface area (Å²) in [4.78, 5) is 12.4. The molecule has 4 heteroatoms. The van der Waals surface area contributed by atoms with Gasteiger partial charge in [-0.2, -0.15) is 0 Å². The van der Waals surface area contributed by atoms with Gasteiger partial charge in [-0.05, 0) is 19.3 Å². The Kier molecular flexibility index (Phi) is 54.7. The lowest BCUT2D eigenvalue weighted by molar-refractivity contribution is -0.123. The molecule has 0 spiro atoms. The van der Waals surface area contributed by atoms with Crippen LogP contribution in [0.15, 0.2) is 12.2 Å². The largest absolute Gasteiger partial charge is 0.394 e. The first kappa shape index (κ1) is 62.1. The van der Waals surface area contributed by atoms with E-state index in [-0.39, 0.29) is 12.5 Å². The molecule has 0 heterocycles. The van der Waals surface area contributed by atoms with Crippen LogP contribution in [0.25, 0.3) is 0 Å². The van der Waals surface area contributed by atoms with E-state index in [0.29, 0.717) is 6.42 Å². The Balaban J connectivity index is 3.33. The summed E-state index contributed by atoms with van der Waals surface area (Å²) in [5, 5.41) is 23.1. The van der Waals surface area contributed by atoms with E-state index in [1.807, 2.05) is 6.08 Å². The number of allylic oxidation sites excluding steroid dienone is 1. The number of nitrogens with one attached hydrogen (secondary N) is 1. The van der Waals surface area contributed by atoms with Gasteiger partial charge in [-0.25, -0.2) is 0 Å². The minimum atomic E-state index is -0.834. The zero-order chi connectivity index (χ0) is 45.6. The van der Waals surface area contributed by atoms with Crippen LogP contribution in [0.1, 0.15) is 341 Å². The third-order valence-electron chi connectivity index (χ3n) is 14.0. The third-order valence-corrected chi connectivity index (χ3v) is 14.0. The molecule has 4 nitrogen and oxygen atoms in total. The van der Waals surface area contributed by atoms with Crippen molar-refractivity contribution in [3.63, 3.8) is 0 Å². The highest BCUT2D eigenvalue weighted by molar-refractivity contribution is 5.76. The lowest BCUT2D eigenvalue weighted by atomic mass is 10.0. The van der Waals surface area contributed by atoms with E-state index in [4.69, 9.17) is 0 Å². The van der Waals surface area contributed by atoms with Crippen LogP contribution in [-0.4, -0.2) is 34.9 Å². The Hall–Kier alpha value is -0.870. The van der Waals surface area contributed by atoms with Crippen molar-refractivity contribution in [3.05, 3.63) is 12.2 Å². The monoisotopic (exact) mass is 888 g/mol. The molecule has 0 aliphatic carbocycles. The number of unbranched alkanes of at least 4 members (excludes halogenated alkanes) is 48. The van der Waals surface area contributed by atoms with Crippen molar-refractivity contribution in [2.45, 2.75) is 353 Å². The van der Waals surface area contributed by atoms with E-state index >= 15 is 0 Å². The van der Waals surface area contributed by atoms with Gasteiger partial charge in [0.25, 0.3) is 0 Å². The number of aliphatic hydroxyl groups is 2. The molecule has 0 aromatic rings. The molecule has 2 atom stereocenters. The summed E-state index contributed by atoms with van der Waals surface area (Å²) in [7, 11) is 0. The number of hydrogen-bond acceptors (Lipinski definition) is 3. The highest BCUT2D eigenvalue weighted by Gasteiger charge is 2.18. The van der Waals surface area contributed by atoms with Crippen LogP contribution in [0.5, 0.6) is 0 Å². The van der Waals surface area contributed by atoms with Gasteiger partial charge in [0.05, 0.1) is 18.8 Å². The summed E-state index contributed by atoms with van der Waals surface area (Å²) >= 11 is 0. The fraction of sp³-hybridized carbons (Fsp3) is 0.949. The molecule has 0 radical (unpaired) electrons. The smallest absolute Gasteiger partial charge is 0.220 e. The van der Waals surface area contributed by atoms with Crippen molar-refractivity contribution >= 4 is 5.91 Å². The second-order valence-electron chi connectivity index (χ2n) is 20.4. The molecule has 1 amide bonds. The SMILES string of the molecule is CCCCCCCCCCCCC/C=C/C(O)C(CO)NC(=O)CCCCCCCCCCCCCCCCCCCCCCCCCCCCCCCCCCCCCCCC. The summed E-state index contributed by atoms with van der Waals surface area (Å²) in [6.45, 7) is 4.34. The first-order valence-electron chi connectivity index (χ1n) is 29.4. The molecule has 3 N–H and O–H groups in total. The van der Waals surface area contributed by atoms with Crippen molar-refractivity contribution in [3.8, 4) is 0 Å². The lowest BCUT2D eigenvalue weighted by Gasteiger charge is -2.20. The summed E-state index contributed by atoms with van der Waals surface area (Å²) in [6.07, 6.45) is 72.7. The quantitative estimate of drug-likeness (QED) is 0.0421. The number of aliphatic hydroxyl groups excluding tert-OH is 2. The van der Waals surface area contributed by atoms with Crippen molar-refractivity contribution < 1.29 is 15.0 Å². The van der Waals surface area contributed by atoms with Crippen molar-refractivity contribution in [2.75, 3.05) is 6.61 Å². The third kappa shape index (κ3) is 52.0. The summed E-state index contributed by atoms with van der Waals surface area (Å²) in [5.41, 5.74) is 0. The van der Waals surface area contributed by atoms with Gasteiger partial charge in [-0.15, -0.1) is 0 Å². The van der Waals surface area contributed by atoms with Gasteiger partial charge in [0, 0.05) is 6.42 Å². The Morgan fingerprint density at radius 1 is 0.365 bits per heavy atom. The van der Waals surface area contributed by atoms with E-state index in [1.54, 1.807) is 6.08 Å². The van der Waals surface area contributed by atoms with Crippen LogP contribution < -0.4 is 5.32 Å². The van der Waals surface area contributed by atoms with Crippen molar-refractivity contribution in [2.24, 2.45) is 0 Å². The van der Waals surface area contributed by atoms with Crippen molar-refractivity contribution in [1.29, 1.82) is 0 Å². The van der Waals surface area contributed by atoms with Crippen LogP contribution in [0.3, 0.4) is 0 Å². The maximum Gasteiger partial charge on any atom is 0.220 e. The molecule has 0 aromatic carbocycles. The molecule has 0 aliphatic heterocycles. The Morgan fingerprint density at radius 2 is 0.587 bits per heavy atom. The van der Waals surface area contributed by atoms with Crippen LogP contribution in [0.2, 0.25) is 0 Å². The van der Waals surface area contributed by atoms with Crippen LogP contribution in [-0.2, 0) is 4.79 Å². The molecule has 0 aliphatic rings. The molecule has 0 bridgehead atoms. The summed E-state index contributed by atoms with van der Waals surface area (Å²) in [6, 6.07) is -0.617. The van der Waals surface area contributed by atoms with E-state index in [2.05, 4.69) is 19.2 Å². The molecule has 2 unspecified atom stereocenters. The molecular formula is C59H117NO3. The maximum absolute atomic E-state index is 12.4. The molecule has 376 valence electrons. The second-order valence-corrected chi connectivity index (χ2v) is 20.4. The maximum atomic E-state index is 12.4. The number of hydrogen-bond donors (Lipinski definition) is 3. The summed E-state index contributed by atoms with van der Waals surface area (Å²) < 4.78 is 0. The average molecular weight is 889 g/mol. The first-order valence-corrected chi connectivity index (χ1v) is 29.4. The van der Waals surface area contributed by atoms with Gasteiger partial charge in [0.15, 0.2) is 0 Å². The fourth-order valence-electron chi connectivity index (χ4n) is 9.54. The Morgan fingerprint density at radius 3 is 0.825 bits per heavy atom.